The average Bonchev–Trinajstić information content (AvgIpc) is 3.20. The number of guanidine groups is 1. The third-order valence-corrected chi connectivity index (χ3v) is 4.10. The van der Waals surface area contributed by atoms with Gasteiger partial charge in [-0.2, -0.15) is 0 Å². The molecule has 1 aliphatic rings. The van der Waals surface area contributed by atoms with E-state index in [1.54, 1.807) is 7.11 Å². The van der Waals surface area contributed by atoms with Gasteiger partial charge in [-0.25, -0.2) is 4.99 Å². The molecule has 1 aromatic carbocycles. The van der Waals surface area contributed by atoms with Crippen LogP contribution in [0.1, 0.15) is 25.3 Å². The number of ether oxygens (including phenoxy) is 4. The number of methoxy groups -OCH3 is 1. The summed E-state index contributed by atoms with van der Waals surface area (Å²) in [5.74, 6) is 1.67. The van der Waals surface area contributed by atoms with Crippen molar-refractivity contribution in [2.24, 2.45) is 4.99 Å². The molecule has 0 aliphatic carbocycles. The van der Waals surface area contributed by atoms with Crippen molar-refractivity contribution in [1.82, 2.24) is 10.6 Å². The molecule has 0 amide bonds. The quantitative estimate of drug-likeness (QED) is 0.329. The molecule has 27 heavy (non-hydrogen) atoms. The van der Waals surface area contributed by atoms with Gasteiger partial charge in [0.25, 0.3) is 0 Å². The maximum Gasteiger partial charge on any atom is 0.191 e. The third kappa shape index (κ3) is 9.08. The van der Waals surface area contributed by atoms with Gasteiger partial charge < -0.3 is 29.6 Å². The van der Waals surface area contributed by atoms with Crippen LogP contribution in [0.15, 0.2) is 29.3 Å². The third-order valence-electron chi connectivity index (χ3n) is 4.10. The summed E-state index contributed by atoms with van der Waals surface area (Å²) in [6.45, 7) is 7.76. The van der Waals surface area contributed by atoms with E-state index in [0.29, 0.717) is 19.8 Å². The fourth-order valence-electron chi connectivity index (χ4n) is 2.62. The zero-order valence-electron chi connectivity index (χ0n) is 16.5. The molecule has 1 fully saturated rings. The zero-order chi connectivity index (χ0) is 19.2. The molecule has 2 rings (SSSR count). The van der Waals surface area contributed by atoms with Gasteiger partial charge in [-0.3, -0.25) is 0 Å². The van der Waals surface area contributed by atoms with Crippen LogP contribution in [0.4, 0.5) is 0 Å². The topological polar surface area (TPSA) is 73.3 Å². The summed E-state index contributed by atoms with van der Waals surface area (Å²) in [6.07, 6.45) is 2.22. The highest BCUT2D eigenvalue weighted by Crippen LogP contribution is 2.12. The molecule has 1 aromatic rings. The van der Waals surface area contributed by atoms with Crippen LogP contribution in [-0.2, 0) is 20.8 Å². The lowest BCUT2D eigenvalue weighted by Crippen LogP contribution is -2.38. The number of rotatable bonds is 12. The lowest BCUT2D eigenvalue weighted by molar-refractivity contribution is 0.0420. The number of hydrogen-bond acceptors (Lipinski definition) is 5. The summed E-state index contributed by atoms with van der Waals surface area (Å²) in [4.78, 5) is 4.64. The summed E-state index contributed by atoms with van der Waals surface area (Å²) < 4.78 is 21.6. The Labute approximate surface area is 162 Å². The highest BCUT2D eigenvalue weighted by atomic mass is 16.5. The van der Waals surface area contributed by atoms with E-state index < -0.39 is 0 Å². The van der Waals surface area contributed by atoms with Crippen molar-refractivity contribution in [3.8, 4) is 5.75 Å². The van der Waals surface area contributed by atoms with Crippen LogP contribution in [0, 0.1) is 0 Å². The van der Waals surface area contributed by atoms with Gasteiger partial charge in [-0.15, -0.1) is 0 Å². The average molecular weight is 380 g/mol. The van der Waals surface area contributed by atoms with Gasteiger partial charge in [-0.1, -0.05) is 12.1 Å². The fourth-order valence-corrected chi connectivity index (χ4v) is 2.62. The van der Waals surface area contributed by atoms with E-state index in [2.05, 4.69) is 22.5 Å². The van der Waals surface area contributed by atoms with Gasteiger partial charge in [-0.05, 0) is 37.5 Å². The first kappa shape index (κ1) is 21.5. The van der Waals surface area contributed by atoms with Gasteiger partial charge in [0.2, 0.25) is 0 Å². The Bertz CT molecular complexity index is 531. The van der Waals surface area contributed by atoms with E-state index in [-0.39, 0.29) is 6.10 Å². The summed E-state index contributed by atoms with van der Waals surface area (Å²) in [7, 11) is 1.66. The molecular formula is C20H33N3O4. The molecule has 1 saturated heterocycles. The van der Waals surface area contributed by atoms with E-state index in [4.69, 9.17) is 18.9 Å². The van der Waals surface area contributed by atoms with E-state index in [9.17, 15) is 0 Å². The lowest BCUT2D eigenvalue weighted by Gasteiger charge is -2.13. The Kier molecular flexibility index (Phi) is 10.6. The second-order valence-corrected chi connectivity index (χ2v) is 6.32. The van der Waals surface area contributed by atoms with Crippen LogP contribution in [-0.4, -0.2) is 65.3 Å². The predicted molar refractivity (Wildman–Crippen MR) is 106 cm³/mol. The molecule has 152 valence electrons. The molecule has 1 atom stereocenters. The number of nitrogens with zero attached hydrogens (tertiary/aromatic N) is 1. The number of benzene rings is 1. The van der Waals surface area contributed by atoms with E-state index >= 15 is 0 Å². The van der Waals surface area contributed by atoms with E-state index in [0.717, 1.165) is 63.0 Å². The Hall–Kier alpha value is -1.83. The second kappa shape index (κ2) is 13.4. The molecule has 1 aliphatic heterocycles. The molecule has 0 spiro atoms. The highest BCUT2D eigenvalue weighted by molar-refractivity contribution is 5.79. The van der Waals surface area contributed by atoms with E-state index in [1.807, 2.05) is 24.3 Å². The molecule has 0 radical (unpaired) electrons. The Balaban J connectivity index is 1.68. The van der Waals surface area contributed by atoms with Gasteiger partial charge in [0, 0.05) is 33.4 Å². The van der Waals surface area contributed by atoms with Crippen LogP contribution < -0.4 is 15.4 Å². The van der Waals surface area contributed by atoms with E-state index in [1.165, 1.54) is 0 Å². The largest absolute Gasteiger partial charge is 0.491 e. The minimum atomic E-state index is 0.272. The van der Waals surface area contributed by atoms with Crippen molar-refractivity contribution in [3.63, 3.8) is 0 Å². The zero-order valence-corrected chi connectivity index (χ0v) is 16.5. The predicted octanol–water partition coefficient (Wildman–Crippen LogP) is 1.96. The Morgan fingerprint density at radius 2 is 2.04 bits per heavy atom. The maximum atomic E-state index is 5.78. The van der Waals surface area contributed by atoms with Crippen molar-refractivity contribution in [2.75, 3.05) is 53.2 Å². The van der Waals surface area contributed by atoms with Crippen molar-refractivity contribution < 1.29 is 18.9 Å². The van der Waals surface area contributed by atoms with Gasteiger partial charge in [0.1, 0.15) is 12.4 Å². The number of aliphatic imine (C=N–C) groups is 1. The molecule has 1 heterocycles. The summed E-state index contributed by atoms with van der Waals surface area (Å²) in [5, 5.41) is 6.62. The van der Waals surface area contributed by atoms with Gasteiger partial charge in [0.05, 0.1) is 25.9 Å². The Morgan fingerprint density at radius 1 is 1.19 bits per heavy atom. The smallest absolute Gasteiger partial charge is 0.191 e. The molecule has 0 aromatic heterocycles. The van der Waals surface area contributed by atoms with Gasteiger partial charge in [0.15, 0.2) is 5.96 Å². The molecular weight excluding hydrogens is 346 g/mol. The summed E-state index contributed by atoms with van der Waals surface area (Å²) >= 11 is 0. The molecule has 0 bridgehead atoms. The minimum Gasteiger partial charge on any atom is -0.491 e. The number of nitrogens with one attached hydrogen (secondary N) is 2. The monoisotopic (exact) mass is 379 g/mol. The number of hydrogen-bond donors (Lipinski definition) is 2. The Morgan fingerprint density at radius 3 is 2.74 bits per heavy atom. The molecule has 2 N–H and O–H groups in total. The first-order valence-electron chi connectivity index (χ1n) is 9.74. The summed E-state index contributed by atoms with van der Waals surface area (Å²) in [5.41, 5.74) is 1.14. The van der Waals surface area contributed by atoms with Crippen LogP contribution >= 0.6 is 0 Å². The first-order valence-corrected chi connectivity index (χ1v) is 9.74. The minimum absolute atomic E-state index is 0.272. The maximum absolute atomic E-state index is 5.78. The van der Waals surface area contributed by atoms with Crippen molar-refractivity contribution >= 4 is 5.96 Å². The first-order chi connectivity index (χ1) is 13.3. The van der Waals surface area contributed by atoms with Crippen LogP contribution in [0.5, 0.6) is 5.75 Å². The second-order valence-electron chi connectivity index (χ2n) is 6.32. The molecule has 7 nitrogen and oxygen atoms in total. The molecule has 0 saturated carbocycles. The van der Waals surface area contributed by atoms with Crippen molar-refractivity contribution in [3.05, 3.63) is 29.8 Å². The van der Waals surface area contributed by atoms with Crippen molar-refractivity contribution in [2.45, 2.75) is 32.4 Å². The van der Waals surface area contributed by atoms with Crippen LogP contribution in [0.2, 0.25) is 0 Å². The molecule has 1 unspecified atom stereocenters. The fraction of sp³-hybridized carbons (Fsp3) is 0.650. The van der Waals surface area contributed by atoms with Crippen LogP contribution in [0.25, 0.3) is 0 Å². The SMILES string of the molecule is CCNC(=NCc1ccc(OCCOC)cc1)NCCCOC1CCOC1. The van der Waals surface area contributed by atoms with Crippen molar-refractivity contribution in [1.29, 1.82) is 0 Å². The normalized spacial score (nSPS) is 17.1. The lowest BCUT2D eigenvalue weighted by atomic mass is 10.2. The standard InChI is InChI=1S/C20H33N3O4/c1-3-21-20(22-10-4-11-26-19-9-12-25-16-19)23-15-17-5-7-18(8-6-17)27-14-13-24-2/h5-8,19H,3-4,9-16H2,1-2H3,(H2,21,22,23). The summed E-state index contributed by atoms with van der Waals surface area (Å²) in [6, 6.07) is 8.00. The molecule has 7 heteroatoms. The highest BCUT2D eigenvalue weighted by Gasteiger charge is 2.15. The van der Waals surface area contributed by atoms with Gasteiger partial charge >= 0.3 is 0 Å². The van der Waals surface area contributed by atoms with Crippen LogP contribution in [0.3, 0.4) is 0 Å².